The molecule has 1 unspecified atom stereocenters. The zero-order valence-corrected chi connectivity index (χ0v) is 13.9. The van der Waals surface area contributed by atoms with Gasteiger partial charge in [0, 0.05) is 38.4 Å². The molecule has 0 fully saturated rings. The number of hydrogen-bond acceptors (Lipinski definition) is 5. The number of ether oxygens (including phenoxy) is 1. The van der Waals surface area contributed by atoms with Crippen molar-refractivity contribution < 1.29 is 19.1 Å². The van der Waals surface area contributed by atoms with Crippen LogP contribution in [0.4, 0.5) is 0 Å². The molecule has 7 heteroatoms. The molecule has 1 aliphatic carbocycles. The van der Waals surface area contributed by atoms with Gasteiger partial charge in [0.15, 0.2) is 0 Å². The molecular formula is C17H19N3O4. The van der Waals surface area contributed by atoms with Crippen molar-refractivity contribution in [3.05, 3.63) is 35.2 Å². The Balaban J connectivity index is 2.09. The summed E-state index contributed by atoms with van der Waals surface area (Å²) in [6, 6.07) is 0. The fourth-order valence-corrected chi connectivity index (χ4v) is 3.16. The standard InChI is InChI=1S/C17H19N3O4/c1-4-24-17(23)13-7-12-8-20(11(3)22)18-15-5-6-19(10(2)21)9-14(13)16(12)15/h5-6,8,13H,4,7,9H2,1-3H3. The average molecular weight is 329 g/mol. The molecular weight excluding hydrogens is 310 g/mol. The third-order valence-corrected chi connectivity index (χ3v) is 4.29. The molecule has 2 aliphatic heterocycles. The van der Waals surface area contributed by atoms with Crippen molar-refractivity contribution in [2.24, 2.45) is 11.0 Å². The Morgan fingerprint density at radius 1 is 1.29 bits per heavy atom. The Kier molecular flexibility index (Phi) is 4.09. The fraction of sp³-hybridized carbons (Fsp3) is 0.412. The molecule has 2 heterocycles. The van der Waals surface area contributed by atoms with E-state index in [0.717, 1.165) is 16.7 Å². The van der Waals surface area contributed by atoms with Crippen LogP contribution in [0.1, 0.15) is 27.2 Å². The van der Waals surface area contributed by atoms with Crippen LogP contribution < -0.4 is 0 Å². The van der Waals surface area contributed by atoms with Gasteiger partial charge < -0.3 is 9.64 Å². The second-order valence-corrected chi connectivity index (χ2v) is 5.87. The molecule has 0 saturated carbocycles. The third-order valence-electron chi connectivity index (χ3n) is 4.29. The van der Waals surface area contributed by atoms with Gasteiger partial charge in [-0.15, -0.1) is 0 Å². The molecule has 126 valence electrons. The second kappa shape index (κ2) is 6.07. The molecule has 0 saturated heterocycles. The van der Waals surface area contributed by atoms with Gasteiger partial charge >= 0.3 is 5.97 Å². The van der Waals surface area contributed by atoms with Gasteiger partial charge in [-0.1, -0.05) is 0 Å². The molecule has 0 aromatic heterocycles. The number of esters is 1. The van der Waals surface area contributed by atoms with E-state index in [4.69, 9.17) is 4.74 Å². The summed E-state index contributed by atoms with van der Waals surface area (Å²) in [4.78, 5) is 37.4. The molecule has 2 amide bonds. The molecule has 0 aromatic rings. The number of nitrogens with zero attached hydrogens (tertiary/aromatic N) is 3. The van der Waals surface area contributed by atoms with Crippen molar-refractivity contribution in [3.63, 3.8) is 0 Å². The molecule has 7 nitrogen and oxygen atoms in total. The van der Waals surface area contributed by atoms with Gasteiger partial charge in [-0.2, -0.15) is 5.10 Å². The molecule has 1 atom stereocenters. The highest BCUT2D eigenvalue weighted by Gasteiger charge is 2.40. The lowest BCUT2D eigenvalue weighted by molar-refractivity contribution is -0.146. The minimum atomic E-state index is -0.454. The van der Waals surface area contributed by atoms with Crippen molar-refractivity contribution in [2.75, 3.05) is 13.2 Å². The van der Waals surface area contributed by atoms with Gasteiger partial charge in [0.2, 0.25) is 11.8 Å². The number of carbonyl (C=O) groups is 3. The van der Waals surface area contributed by atoms with Crippen LogP contribution in [0.2, 0.25) is 0 Å². The van der Waals surface area contributed by atoms with E-state index in [-0.39, 0.29) is 17.8 Å². The van der Waals surface area contributed by atoms with Crippen LogP contribution in [0.15, 0.2) is 40.3 Å². The number of carbonyl (C=O) groups excluding carboxylic acids is 3. The van der Waals surface area contributed by atoms with Crippen molar-refractivity contribution in [1.82, 2.24) is 9.91 Å². The molecule has 0 radical (unpaired) electrons. The lowest BCUT2D eigenvalue weighted by Crippen LogP contribution is -2.29. The van der Waals surface area contributed by atoms with E-state index >= 15 is 0 Å². The smallest absolute Gasteiger partial charge is 0.313 e. The Hall–Kier alpha value is -2.70. The molecule has 3 rings (SSSR count). The zero-order valence-electron chi connectivity index (χ0n) is 13.9. The largest absolute Gasteiger partial charge is 0.466 e. The predicted molar refractivity (Wildman–Crippen MR) is 86.3 cm³/mol. The molecule has 0 N–H and O–H groups in total. The third kappa shape index (κ3) is 2.66. The molecule has 3 aliphatic rings. The number of rotatable bonds is 2. The maximum absolute atomic E-state index is 12.4. The van der Waals surface area contributed by atoms with Gasteiger partial charge in [0.05, 0.1) is 18.2 Å². The van der Waals surface area contributed by atoms with Crippen LogP contribution in [-0.2, 0) is 19.1 Å². The van der Waals surface area contributed by atoms with E-state index in [2.05, 4.69) is 5.10 Å². The topological polar surface area (TPSA) is 79.3 Å². The lowest BCUT2D eigenvalue weighted by Gasteiger charge is -2.20. The monoisotopic (exact) mass is 329 g/mol. The highest BCUT2D eigenvalue weighted by atomic mass is 16.5. The summed E-state index contributed by atoms with van der Waals surface area (Å²) in [6.45, 7) is 5.28. The van der Waals surface area contributed by atoms with Gasteiger partial charge in [-0.25, -0.2) is 5.01 Å². The van der Waals surface area contributed by atoms with Crippen LogP contribution in [-0.4, -0.2) is 46.6 Å². The molecule has 0 spiro atoms. The molecule has 0 bridgehead atoms. The Bertz CT molecular complexity index is 745. The summed E-state index contributed by atoms with van der Waals surface area (Å²) < 4.78 is 5.19. The highest BCUT2D eigenvalue weighted by molar-refractivity contribution is 6.15. The highest BCUT2D eigenvalue weighted by Crippen LogP contribution is 2.41. The Morgan fingerprint density at radius 2 is 2.04 bits per heavy atom. The van der Waals surface area contributed by atoms with E-state index in [1.165, 1.54) is 23.8 Å². The summed E-state index contributed by atoms with van der Waals surface area (Å²) in [5.74, 6) is -1.10. The second-order valence-electron chi connectivity index (χ2n) is 5.87. The van der Waals surface area contributed by atoms with Crippen molar-refractivity contribution in [3.8, 4) is 0 Å². The Labute approximate surface area is 139 Å². The summed E-state index contributed by atoms with van der Waals surface area (Å²) in [7, 11) is 0. The number of amides is 2. The molecule has 24 heavy (non-hydrogen) atoms. The minimum Gasteiger partial charge on any atom is -0.466 e. The van der Waals surface area contributed by atoms with Gasteiger partial charge in [0.1, 0.15) is 0 Å². The van der Waals surface area contributed by atoms with E-state index in [1.54, 1.807) is 25.4 Å². The summed E-state index contributed by atoms with van der Waals surface area (Å²) in [6.07, 6.45) is 5.46. The van der Waals surface area contributed by atoms with E-state index in [9.17, 15) is 14.4 Å². The maximum Gasteiger partial charge on any atom is 0.313 e. The zero-order chi connectivity index (χ0) is 17.4. The van der Waals surface area contributed by atoms with Crippen LogP contribution in [0.25, 0.3) is 0 Å². The SMILES string of the molecule is CCOC(=O)C1CC2=CN(C(C)=O)N=C3C=CN(C(C)=O)CC1=C23. The minimum absolute atomic E-state index is 0.123. The van der Waals surface area contributed by atoms with Crippen LogP contribution in [0.3, 0.4) is 0 Å². The van der Waals surface area contributed by atoms with Crippen LogP contribution >= 0.6 is 0 Å². The summed E-state index contributed by atoms with van der Waals surface area (Å²) in [5, 5.41) is 5.60. The van der Waals surface area contributed by atoms with E-state index in [0.29, 0.717) is 25.3 Å². The van der Waals surface area contributed by atoms with Crippen molar-refractivity contribution >= 4 is 23.5 Å². The number of hydrogen-bond donors (Lipinski definition) is 0. The van der Waals surface area contributed by atoms with Crippen molar-refractivity contribution in [1.29, 1.82) is 0 Å². The normalized spacial score (nSPS) is 21.9. The van der Waals surface area contributed by atoms with Gasteiger partial charge in [-0.05, 0) is 30.6 Å². The van der Waals surface area contributed by atoms with Crippen molar-refractivity contribution in [2.45, 2.75) is 27.2 Å². The van der Waals surface area contributed by atoms with Gasteiger partial charge in [0.25, 0.3) is 0 Å². The van der Waals surface area contributed by atoms with E-state index < -0.39 is 5.92 Å². The first-order valence-corrected chi connectivity index (χ1v) is 7.87. The lowest BCUT2D eigenvalue weighted by atomic mass is 9.99. The van der Waals surface area contributed by atoms with E-state index in [1.807, 2.05) is 0 Å². The Morgan fingerprint density at radius 3 is 2.67 bits per heavy atom. The quantitative estimate of drug-likeness (QED) is 0.716. The molecule has 0 aromatic carbocycles. The average Bonchev–Trinajstić information content (AvgIpc) is 2.77. The maximum atomic E-state index is 12.4. The first-order chi connectivity index (χ1) is 11.4. The number of allylic oxidation sites excluding steroid dienone is 3. The first kappa shape index (κ1) is 16.2. The predicted octanol–water partition coefficient (Wildman–Crippen LogP) is 1.34. The first-order valence-electron chi connectivity index (χ1n) is 7.87. The summed E-state index contributed by atoms with van der Waals surface area (Å²) in [5.41, 5.74) is 3.14. The number of hydrazone groups is 1. The summed E-state index contributed by atoms with van der Waals surface area (Å²) >= 11 is 0. The van der Waals surface area contributed by atoms with Crippen LogP contribution in [0.5, 0.6) is 0 Å². The van der Waals surface area contributed by atoms with Gasteiger partial charge in [-0.3, -0.25) is 14.4 Å². The fourth-order valence-electron chi connectivity index (χ4n) is 3.16. The van der Waals surface area contributed by atoms with Crippen LogP contribution in [0, 0.1) is 5.92 Å².